The van der Waals surface area contributed by atoms with Crippen LogP contribution in [0.1, 0.15) is 27.2 Å². The second kappa shape index (κ2) is 10.1. The zero-order chi connectivity index (χ0) is 23.1. The standard InChI is InChI=1S/C21H23F3N2O5/c1-20(2,3)31-19(28)26-14-7-9-16(10-8-14)29-12-11-18(27)25-15-5-4-6-17(13-15)30-21(22,23)24/h4-10,13H,11-12H2,1-3H3,(H,25,27)(H,26,28). The summed E-state index contributed by atoms with van der Waals surface area (Å²) in [7, 11) is 0. The van der Waals surface area contributed by atoms with Crippen LogP contribution in [-0.2, 0) is 9.53 Å². The number of hydrogen-bond acceptors (Lipinski definition) is 5. The Kier molecular flexibility index (Phi) is 7.73. The normalized spacial score (nSPS) is 11.4. The van der Waals surface area contributed by atoms with E-state index in [-0.39, 0.29) is 18.7 Å². The zero-order valence-electron chi connectivity index (χ0n) is 17.2. The summed E-state index contributed by atoms with van der Waals surface area (Å²) < 4.78 is 51.2. The predicted octanol–water partition coefficient (Wildman–Crippen LogP) is 5.34. The van der Waals surface area contributed by atoms with Gasteiger partial charge in [0.2, 0.25) is 5.91 Å². The van der Waals surface area contributed by atoms with E-state index in [1.54, 1.807) is 45.0 Å². The fraction of sp³-hybridized carbons (Fsp3) is 0.333. The van der Waals surface area contributed by atoms with Crippen LogP contribution in [0.3, 0.4) is 0 Å². The Balaban J connectivity index is 1.77. The van der Waals surface area contributed by atoms with Crippen molar-refractivity contribution in [2.24, 2.45) is 0 Å². The second-order valence-electron chi connectivity index (χ2n) is 7.37. The number of alkyl halides is 3. The molecule has 0 aliphatic carbocycles. The fourth-order valence-electron chi connectivity index (χ4n) is 2.31. The zero-order valence-corrected chi connectivity index (χ0v) is 17.2. The topological polar surface area (TPSA) is 85.9 Å². The summed E-state index contributed by atoms with van der Waals surface area (Å²) >= 11 is 0. The van der Waals surface area contributed by atoms with Gasteiger partial charge in [0.15, 0.2) is 0 Å². The highest BCUT2D eigenvalue weighted by Crippen LogP contribution is 2.25. The van der Waals surface area contributed by atoms with E-state index in [0.29, 0.717) is 11.4 Å². The molecule has 0 bridgehead atoms. The molecule has 31 heavy (non-hydrogen) atoms. The quantitative estimate of drug-likeness (QED) is 0.607. The van der Waals surface area contributed by atoms with E-state index in [9.17, 15) is 22.8 Å². The van der Waals surface area contributed by atoms with Gasteiger partial charge in [-0.25, -0.2) is 4.79 Å². The molecule has 2 amide bonds. The maximum atomic E-state index is 12.3. The van der Waals surface area contributed by atoms with Crippen LogP contribution in [-0.4, -0.2) is 30.6 Å². The third-order valence-corrected chi connectivity index (χ3v) is 3.45. The summed E-state index contributed by atoms with van der Waals surface area (Å²) in [6, 6.07) is 11.4. The number of nitrogens with one attached hydrogen (secondary N) is 2. The minimum absolute atomic E-state index is 0.0255. The molecule has 168 valence electrons. The van der Waals surface area contributed by atoms with Gasteiger partial charge in [0.1, 0.15) is 17.1 Å². The number of amides is 2. The highest BCUT2D eigenvalue weighted by molar-refractivity contribution is 5.91. The first kappa shape index (κ1) is 23.8. The van der Waals surface area contributed by atoms with Gasteiger partial charge in [0, 0.05) is 17.4 Å². The van der Waals surface area contributed by atoms with Crippen molar-refractivity contribution in [1.82, 2.24) is 0 Å². The van der Waals surface area contributed by atoms with Crippen LogP contribution in [0.2, 0.25) is 0 Å². The van der Waals surface area contributed by atoms with Crippen LogP contribution >= 0.6 is 0 Å². The van der Waals surface area contributed by atoms with Crippen LogP contribution in [0.4, 0.5) is 29.3 Å². The Morgan fingerprint density at radius 2 is 1.58 bits per heavy atom. The van der Waals surface area contributed by atoms with E-state index in [4.69, 9.17) is 9.47 Å². The van der Waals surface area contributed by atoms with Gasteiger partial charge >= 0.3 is 12.5 Å². The second-order valence-corrected chi connectivity index (χ2v) is 7.37. The summed E-state index contributed by atoms with van der Waals surface area (Å²) in [5.74, 6) is -0.392. The minimum atomic E-state index is -4.81. The van der Waals surface area contributed by atoms with Crippen LogP contribution in [0, 0.1) is 0 Å². The predicted molar refractivity (Wildman–Crippen MR) is 108 cm³/mol. The Hall–Kier alpha value is -3.43. The molecule has 0 saturated carbocycles. The third kappa shape index (κ3) is 9.75. The molecule has 0 aliphatic heterocycles. The highest BCUT2D eigenvalue weighted by Gasteiger charge is 2.31. The van der Waals surface area contributed by atoms with E-state index in [0.717, 1.165) is 12.1 Å². The largest absolute Gasteiger partial charge is 0.573 e. The lowest BCUT2D eigenvalue weighted by Crippen LogP contribution is -2.27. The van der Waals surface area contributed by atoms with Crippen molar-refractivity contribution < 1.29 is 37.0 Å². The van der Waals surface area contributed by atoms with Crippen molar-refractivity contribution in [3.8, 4) is 11.5 Å². The highest BCUT2D eigenvalue weighted by atomic mass is 19.4. The minimum Gasteiger partial charge on any atom is -0.493 e. The molecule has 2 N–H and O–H groups in total. The molecule has 2 rings (SSSR count). The van der Waals surface area contributed by atoms with Crippen molar-refractivity contribution in [3.63, 3.8) is 0 Å². The van der Waals surface area contributed by atoms with Crippen LogP contribution in [0.15, 0.2) is 48.5 Å². The number of benzene rings is 2. The van der Waals surface area contributed by atoms with Crippen LogP contribution < -0.4 is 20.1 Å². The van der Waals surface area contributed by atoms with Gasteiger partial charge in [-0.2, -0.15) is 0 Å². The maximum Gasteiger partial charge on any atom is 0.573 e. The molecule has 2 aromatic rings. The van der Waals surface area contributed by atoms with Crippen molar-refractivity contribution in [1.29, 1.82) is 0 Å². The average molecular weight is 440 g/mol. The summed E-state index contributed by atoms with van der Waals surface area (Å²) in [6.07, 6.45) is -5.42. The Morgan fingerprint density at radius 3 is 2.19 bits per heavy atom. The molecule has 0 radical (unpaired) electrons. The SMILES string of the molecule is CC(C)(C)OC(=O)Nc1ccc(OCCC(=O)Nc2cccc(OC(F)(F)F)c2)cc1. The van der Waals surface area contributed by atoms with Gasteiger partial charge < -0.3 is 19.5 Å². The number of halogens is 3. The van der Waals surface area contributed by atoms with Gasteiger partial charge in [-0.3, -0.25) is 10.1 Å². The Bertz CT molecular complexity index is 893. The molecule has 0 aliphatic rings. The molecule has 0 fully saturated rings. The van der Waals surface area contributed by atoms with Gasteiger partial charge in [0.25, 0.3) is 0 Å². The van der Waals surface area contributed by atoms with E-state index >= 15 is 0 Å². The third-order valence-electron chi connectivity index (χ3n) is 3.45. The lowest BCUT2D eigenvalue weighted by molar-refractivity contribution is -0.274. The smallest absolute Gasteiger partial charge is 0.493 e. The van der Waals surface area contributed by atoms with Crippen molar-refractivity contribution >= 4 is 23.4 Å². The number of hydrogen-bond donors (Lipinski definition) is 2. The fourth-order valence-corrected chi connectivity index (χ4v) is 2.31. The van der Waals surface area contributed by atoms with Crippen molar-refractivity contribution in [3.05, 3.63) is 48.5 Å². The molecule has 0 atom stereocenters. The van der Waals surface area contributed by atoms with Crippen LogP contribution in [0.25, 0.3) is 0 Å². The van der Waals surface area contributed by atoms with Gasteiger partial charge in [-0.1, -0.05) is 6.07 Å². The summed E-state index contributed by atoms with van der Waals surface area (Å²) in [5.41, 5.74) is 0.0741. The first-order valence-electron chi connectivity index (χ1n) is 9.28. The molecule has 0 unspecified atom stereocenters. The lowest BCUT2D eigenvalue weighted by Gasteiger charge is -2.19. The van der Waals surface area contributed by atoms with Crippen molar-refractivity contribution in [2.45, 2.75) is 39.2 Å². The molecule has 7 nitrogen and oxygen atoms in total. The molecule has 2 aromatic carbocycles. The molecular weight excluding hydrogens is 417 g/mol. The van der Waals surface area contributed by atoms with Gasteiger partial charge in [0.05, 0.1) is 13.0 Å². The number of carbonyl (C=O) groups is 2. The Labute approximate surface area is 177 Å². The first-order valence-corrected chi connectivity index (χ1v) is 9.28. The molecule has 0 aromatic heterocycles. The number of anilines is 2. The molecular formula is C21H23F3N2O5. The molecule has 0 heterocycles. The van der Waals surface area contributed by atoms with Crippen molar-refractivity contribution in [2.75, 3.05) is 17.2 Å². The number of carbonyl (C=O) groups excluding carboxylic acids is 2. The van der Waals surface area contributed by atoms with Gasteiger partial charge in [-0.15, -0.1) is 13.2 Å². The van der Waals surface area contributed by atoms with E-state index in [1.807, 2.05) is 0 Å². The summed E-state index contributed by atoms with van der Waals surface area (Å²) in [5, 5.41) is 5.06. The average Bonchev–Trinajstić information content (AvgIpc) is 2.60. The van der Waals surface area contributed by atoms with E-state index < -0.39 is 29.7 Å². The summed E-state index contributed by atoms with van der Waals surface area (Å²) in [4.78, 5) is 23.7. The van der Waals surface area contributed by atoms with E-state index in [2.05, 4.69) is 15.4 Å². The number of rotatable bonds is 7. The number of ether oxygens (including phenoxy) is 3. The molecule has 0 spiro atoms. The van der Waals surface area contributed by atoms with E-state index in [1.165, 1.54) is 12.1 Å². The summed E-state index contributed by atoms with van der Waals surface area (Å²) in [6.45, 7) is 5.31. The Morgan fingerprint density at radius 1 is 0.903 bits per heavy atom. The molecule has 0 saturated heterocycles. The molecule has 10 heteroatoms. The monoisotopic (exact) mass is 440 g/mol. The van der Waals surface area contributed by atoms with Gasteiger partial charge in [-0.05, 0) is 57.2 Å². The first-order chi connectivity index (χ1) is 14.4. The maximum absolute atomic E-state index is 12.3. The lowest BCUT2D eigenvalue weighted by atomic mass is 10.2. The van der Waals surface area contributed by atoms with Crippen LogP contribution in [0.5, 0.6) is 11.5 Å².